The van der Waals surface area contributed by atoms with Crippen LogP contribution in [0.3, 0.4) is 0 Å². The van der Waals surface area contributed by atoms with E-state index >= 15 is 9.59 Å². The Morgan fingerprint density at radius 2 is 1.25 bits per heavy atom. The summed E-state index contributed by atoms with van der Waals surface area (Å²) in [5.41, 5.74) is -0.477. The highest BCUT2D eigenvalue weighted by Crippen LogP contribution is 2.32. The number of likely N-dealkylation sites (N-methyl/N-ethyl adjacent to an activating group) is 4. The molecule has 0 aromatic heterocycles. The van der Waals surface area contributed by atoms with Crippen LogP contribution in [0.15, 0.2) is 54.6 Å². The topological polar surface area (TPSA) is 211 Å². The summed E-state index contributed by atoms with van der Waals surface area (Å²) in [4.78, 5) is 142. The second-order valence-corrected chi connectivity index (χ2v) is 25.7. The number of benzene rings is 2. The van der Waals surface area contributed by atoms with Crippen LogP contribution in [-0.4, -0.2) is 165 Å². The molecule has 2 heterocycles. The Hall–Kier alpha value is -5.24. The first kappa shape index (κ1) is 67.3. The summed E-state index contributed by atoms with van der Waals surface area (Å²) in [6.45, 7) is 21.1. The molecule has 2 saturated heterocycles. The fraction of sp³-hybridized carbons (Fsp3) is 0.661. The number of ketones is 2. The zero-order chi connectivity index (χ0) is 60.2. The van der Waals surface area contributed by atoms with Crippen LogP contribution in [0.4, 0.5) is 0 Å². The first-order valence-corrected chi connectivity index (χ1v) is 29.9. The number of halogens is 1. The van der Waals surface area contributed by atoms with Gasteiger partial charge in [0.25, 0.3) is 5.91 Å². The number of aliphatic hydroxyl groups is 1. The molecule has 2 aromatic rings. The van der Waals surface area contributed by atoms with Crippen LogP contribution in [0.5, 0.6) is 0 Å². The molecule has 17 nitrogen and oxygen atoms in total. The third-order valence-electron chi connectivity index (χ3n) is 16.5. The van der Waals surface area contributed by atoms with E-state index in [9.17, 15) is 38.7 Å². The molecule has 6 amide bonds. The number of hydrogen-bond acceptors (Lipinski definition) is 11. The number of ether oxygens (including phenoxy) is 1. The lowest BCUT2D eigenvalue weighted by Gasteiger charge is -2.39. The molecule has 0 radical (unpaired) electrons. The van der Waals surface area contributed by atoms with E-state index in [1.165, 1.54) is 54.6 Å². The summed E-state index contributed by atoms with van der Waals surface area (Å²) >= 11 is 2.19. The lowest BCUT2D eigenvalue weighted by atomic mass is 9.82. The van der Waals surface area contributed by atoms with Gasteiger partial charge in [-0.2, -0.15) is 0 Å². The van der Waals surface area contributed by atoms with Crippen LogP contribution in [0.1, 0.15) is 139 Å². The quantitative estimate of drug-likeness (QED) is 0.152. The molecule has 0 spiro atoms. The molecule has 4 rings (SSSR count). The van der Waals surface area contributed by atoms with Crippen LogP contribution in [-0.2, 0) is 60.7 Å². The Bertz CT molecular complexity index is 2500. The lowest BCUT2D eigenvalue weighted by Crippen LogP contribution is -2.61. The summed E-state index contributed by atoms with van der Waals surface area (Å²) in [6, 6.07) is 9.38. The molecule has 2 aliphatic rings. The molecule has 0 bridgehead atoms. The molecule has 18 heteroatoms. The van der Waals surface area contributed by atoms with Crippen molar-refractivity contribution in [3.05, 3.63) is 69.3 Å². The zero-order valence-corrected chi connectivity index (χ0v) is 52.7. The first-order chi connectivity index (χ1) is 37.4. The number of carbonyl (C=O) groups is 9. The normalized spacial score (nSPS) is 26.5. The third-order valence-corrected chi connectivity index (χ3v) is 17.2. The third kappa shape index (κ3) is 16.9. The van der Waals surface area contributed by atoms with Crippen molar-refractivity contribution < 1.29 is 53.0 Å². The second-order valence-electron chi connectivity index (χ2n) is 24.4. The molecule has 2 aliphatic heterocycles. The summed E-state index contributed by atoms with van der Waals surface area (Å²) in [6.07, 6.45) is -0.0458. The van der Waals surface area contributed by atoms with Crippen molar-refractivity contribution in [2.75, 3.05) is 34.7 Å². The van der Waals surface area contributed by atoms with Gasteiger partial charge in [0, 0.05) is 81.7 Å². The van der Waals surface area contributed by atoms with Crippen LogP contribution < -0.4 is 5.32 Å². The van der Waals surface area contributed by atoms with Gasteiger partial charge in [0.1, 0.15) is 18.1 Å². The molecule has 2 aromatic carbocycles. The summed E-state index contributed by atoms with van der Waals surface area (Å²) < 4.78 is 7.03. The molecule has 0 aliphatic carbocycles. The minimum atomic E-state index is -1.94. The van der Waals surface area contributed by atoms with Crippen LogP contribution in [0.2, 0.25) is 0 Å². The van der Waals surface area contributed by atoms with Crippen molar-refractivity contribution in [3.8, 4) is 0 Å². The van der Waals surface area contributed by atoms with Crippen LogP contribution in [0, 0.1) is 45.0 Å². The molecule has 444 valence electrons. The number of amides is 6. The van der Waals surface area contributed by atoms with Gasteiger partial charge in [-0.1, -0.05) is 118 Å². The molecule has 2 N–H and O–H groups in total. The molecule has 11 atom stereocenters. The zero-order valence-electron chi connectivity index (χ0n) is 50.5. The van der Waals surface area contributed by atoms with E-state index in [0.717, 1.165) is 14.0 Å². The minimum absolute atomic E-state index is 0.00560. The summed E-state index contributed by atoms with van der Waals surface area (Å²) in [5.74, 6) is -9.27. The average molecular weight is 1230 g/mol. The molecule has 80 heavy (non-hydrogen) atoms. The van der Waals surface area contributed by atoms with Crippen molar-refractivity contribution in [2.24, 2.45) is 41.4 Å². The van der Waals surface area contributed by atoms with Crippen molar-refractivity contribution in [1.29, 1.82) is 0 Å². The lowest BCUT2D eigenvalue weighted by molar-refractivity contribution is -0.178. The molecular formula is C62H93IN6O11. The van der Waals surface area contributed by atoms with E-state index in [4.69, 9.17) is 4.74 Å². The van der Waals surface area contributed by atoms with E-state index in [-0.39, 0.29) is 56.3 Å². The number of nitrogens with zero attached hydrogens (tertiary/aromatic N) is 5. The number of Topliss-reactive ketones (excluding diaryl/α,β-unsaturated/α-hetero) is 2. The predicted octanol–water partition coefficient (Wildman–Crippen LogP) is 7.16. The summed E-state index contributed by atoms with van der Waals surface area (Å²) in [7, 11) is 5.84. The Balaban J connectivity index is 1.99. The largest absolute Gasteiger partial charge is 0.450 e. The predicted molar refractivity (Wildman–Crippen MR) is 316 cm³/mol. The fourth-order valence-electron chi connectivity index (χ4n) is 11.8. The van der Waals surface area contributed by atoms with Crippen LogP contribution in [0.25, 0.3) is 0 Å². The Labute approximate surface area is 490 Å². The van der Waals surface area contributed by atoms with Gasteiger partial charge < -0.3 is 39.7 Å². The number of fused-ring (bicyclic) bond motifs is 1. The van der Waals surface area contributed by atoms with E-state index in [2.05, 4.69) is 27.9 Å². The van der Waals surface area contributed by atoms with Crippen molar-refractivity contribution >= 4 is 75.6 Å². The standard InChI is InChI=1S/C62H93IN6O11/c1-17-39(9)45-35-49(70)47-28-23-29-69(47)59(76)48(33-42-26-22-27-44(63)31-42)65(13)58(75)46(32-41-24-20-19-21-25-41)64-55(72)52(38(7)8)67(15)60(77)53(40(10)18-2)80-61(78)54(62(11,12)79)68(16)56(73)43(30-36(3)4)34-50(71)51(37(5)6)66(14)57(45)74/h19-22,24-27,31,36-40,43,45-48,51-54,79H,17-18,23,28-30,32-35H2,1-16H3,(H,64,72)/t39?,40?,43-,45+,46?,47+,48+,51+,52+,53-,54-/m1/s1. The van der Waals surface area contributed by atoms with Gasteiger partial charge >= 0.3 is 5.97 Å². The Morgan fingerprint density at radius 3 is 1.80 bits per heavy atom. The van der Waals surface area contributed by atoms with Gasteiger partial charge in [0.05, 0.1) is 17.7 Å². The smallest absolute Gasteiger partial charge is 0.332 e. The monoisotopic (exact) mass is 1220 g/mol. The Morgan fingerprint density at radius 1 is 0.662 bits per heavy atom. The minimum Gasteiger partial charge on any atom is -0.450 e. The summed E-state index contributed by atoms with van der Waals surface area (Å²) in [5, 5.41) is 14.7. The number of rotatable bonds is 13. The number of cyclic esters (lactones) is 1. The van der Waals surface area contributed by atoms with Gasteiger partial charge in [0.2, 0.25) is 29.5 Å². The van der Waals surface area contributed by atoms with Gasteiger partial charge in [-0.05, 0) is 109 Å². The molecule has 0 saturated carbocycles. The van der Waals surface area contributed by atoms with Gasteiger partial charge in [0.15, 0.2) is 23.7 Å². The highest BCUT2D eigenvalue weighted by atomic mass is 127. The molecule has 2 fully saturated rings. The molecule has 3 unspecified atom stereocenters. The number of hydrogen-bond donors (Lipinski definition) is 2. The maximum Gasteiger partial charge on any atom is 0.332 e. The number of nitrogens with one attached hydrogen (secondary N) is 1. The van der Waals surface area contributed by atoms with Gasteiger partial charge in [-0.15, -0.1) is 0 Å². The van der Waals surface area contributed by atoms with Crippen molar-refractivity contribution in [1.82, 2.24) is 29.8 Å². The number of esters is 1. The SMILES string of the molecule is CCC(C)[C@@H]1CC(=O)[C@@H]2CCCN2C(=O)[C@H](Cc2cccc(I)c2)N(C)C(=O)C(Cc2ccccc2)NC(=O)[C@H](C(C)C)N(C)C(=O)[C@@H](C(C)CC)OC(=O)[C@H](C(C)(C)O)N(C)C(=O)[C@H](CC(C)C)CC(=O)[C@H](C(C)C)N(C)C1=O. The number of carbonyl (C=O) groups excluding carboxylic acids is 9. The van der Waals surface area contributed by atoms with E-state index in [0.29, 0.717) is 31.2 Å². The maximum atomic E-state index is 15.4. The van der Waals surface area contributed by atoms with Crippen LogP contribution >= 0.6 is 22.6 Å². The van der Waals surface area contributed by atoms with E-state index in [1.54, 1.807) is 34.7 Å². The van der Waals surface area contributed by atoms with Gasteiger partial charge in [-0.25, -0.2) is 4.79 Å². The van der Waals surface area contributed by atoms with E-state index in [1.807, 2.05) is 96.1 Å². The highest BCUT2D eigenvalue weighted by Gasteiger charge is 2.48. The van der Waals surface area contributed by atoms with Crippen molar-refractivity contribution in [3.63, 3.8) is 0 Å². The molecular weight excluding hydrogens is 1130 g/mol. The fourth-order valence-corrected chi connectivity index (χ4v) is 12.4. The Kier molecular flexibility index (Phi) is 24.9. The van der Waals surface area contributed by atoms with E-state index < -0.39 is 125 Å². The van der Waals surface area contributed by atoms with Crippen molar-refractivity contribution in [2.45, 2.75) is 189 Å². The maximum absolute atomic E-state index is 15.4. The first-order valence-electron chi connectivity index (χ1n) is 28.8. The van der Waals surface area contributed by atoms with Gasteiger partial charge in [-0.3, -0.25) is 38.4 Å². The highest BCUT2D eigenvalue weighted by molar-refractivity contribution is 14.1. The average Bonchev–Trinajstić information content (AvgIpc) is 3.90. The second kappa shape index (κ2) is 29.7.